The van der Waals surface area contributed by atoms with Crippen molar-refractivity contribution in [1.82, 2.24) is 15.1 Å². The zero-order valence-electron chi connectivity index (χ0n) is 12.9. The van der Waals surface area contributed by atoms with Gasteiger partial charge in [0.05, 0.1) is 11.7 Å². The molecule has 2 aliphatic rings. The Kier molecular flexibility index (Phi) is 3.75. The fourth-order valence-corrected chi connectivity index (χ4v) is 2.84. The van der Waals surface area contributed by atoms with Crippen LogP contribution in [0.3, 0.4) is 0 Å². The maximum Gasteiger partial charge on any atom is 0.328 e. The van der Waals surface area contributed by atoms with E-state index in [1.165, 1.54) is 0 Å². The molecule has 1 saturated heterocycles. The molecule has 3 rings (SSSR count). The summed E-state index contributed by atoms with van der Waals surface area (Å²) in [6.07, 6.45) is 3.95. The van der Waals surface area contributed by atoms with Crippen molar-refractivity contribution >= 4 is 5.97 Å². The predicted molar refractivity (Wildman–Crippen MR) is 76.7 cm³/mol. The monoisotopic (exact) mass is 293 g/mol. The summed E-state index contributed by atoms with van der Waals surface area (Å²) in [5.74, 6) is -0.229. The summed E-state index contributed by atoms with van der Waals surface area (Å²) in [7, 11) is 0. The van der Waals surface area contributed by atoms with Crippen LogP contribution in [0.25, 0.3) is 0 Å². The van der Waals surface area contributed by atoms with E-state index < -0.39 is 11.6 Å². The molecule has 6 heteroatoms. The Morgan fingerprint density at radius 3 is 2.81 bits per heavy atom. The van der Waals surface area contributed by atoms with Gasteiger partial charge in [-0.1, -0.05) is 0 Å². The Hall–Kier alpha value is -1.40. The van der Waals surface area contributed by atoms with E-state index in [2.05, 4.69) is 10.4 Å². The lowest BCUT2D eigenvalue weighted by atomic mass is 10.1. The van der Waals surface area contributed by atoms with E-state index in [4.69, 9.17) is 9.47 Å². The van der Waals surface area contributed by atoms with Crippen LogP contribution in [0.15, 0.2) is 6.20 Å². The number of rotatable bonds is 2. The normalized spacial score (nSPS) is 23.1. The summed E-state index contributed by atoms with van der Waals surface area (Å²) >= 11 is 0. The summed E-state index contributed by atoms with van der Waals surface area (Å²) in [5, 5.41) is 7.81. The van der Waals surface area contributed by atoms with E-state index in [0.717, 1.165) is 37.3 Å². The summed E-state index contributed by atoms with van der Waals surface area (Å²) in [6, 6.07) is -0.0172. The van der Waals surface area contributed by atoms with Crippen LogP contribution in [0, 0.1) is 0 Å². The Bertz CT molecular complexity index is 527. The first kappa shape index (κ1) is 14.5. The number of aromatic nitrogens is 2. The minimum Gasteiger partial charge on any atom is -0.459 e. The van der Waals surface area contributed by atoms with Gasteiger partial charge in [0.2, 0.25) is 0 Å². The standard InChI is InChI=1S/C15H23N3O3/c1-15(2,3)21-14(19)13-11-9-18(17-12(11)8-16-13)10-4-6-20-7-5-10/h9-10,13,16H,4-8H2,1-3H3. The van der Waals surface area contributed by atoms with Crippen molar-refractivity contribution in [2.45, 2.75) is 57.8 Å². The van der Waals surface area contributed by atoms with Gasteiger partial charge in [-0.25, -0.2) is 4.79 Å². The number of hydrogen-bond acceptors (Lipinski definition) is 5. The fraction of sp³-hybridized carbons (Fsp3) is 0.733. The Morgan fingerprint density at radius 2 is 2.14 bits per heavy atom. The topological polar surface area (TPSA) is 65.4 Å². The molecular weight excluding hydrogens is 270 g/mol. The molecule has 0 aromatic carbocycles. The van der Waals surface area contributed by atoms with Crippen LogP contribution in [-0.2, 0) is 20.8 Å². The van der Waals surface area contributed by atoms with E-state index in [1.807, 2.05) is 31.6 Å². The zero-order valence-corrected chi connectivity index (χ0v) is 12.9. The SMILES string of the molecule is CC(C)(C)OC(=O)C1NCc2nn(C3CCOCC3)cc21. The summed E-state index contributed by atoms with van der Waals surface area (Å²) in [5.41, 5.74) is 1.44. The smallest absolute Gasteiger partial charge is 0.328 e. The van der Waals surface area contributed by atoms with Crippen LogP contribution in [-0.4, -0.2) is 34.6 Å². The number of ether oxygens (including phenoxy) is 2. The molecule has 116 valence electrons. The molecule has 21 heavy (non-hydrogen) atoms. The van der Waals surface area contributed by atoms with Crippen molar-refractivity contribution < 1.29 is 14.3 Å². The van der Waals surface area contributed by atoms with E-state index in [1.54, 1.807) is 0 Å². The quantitative estimate of drug-likeness (QED) is 0.841. The van der Waals surface area contributed by atoms with E-state index in [9.17, 15) is 4.79 Å². The van der Waals surface area contributed by atoms with Crippen LogP contribution in [0.1, 0.15) is 57.0 Å². The summed E-state index contributed by atoms with van der Waals surface area (Å²) < 4.78 is 12.9. The lowest BCUT2D eigenvalue weighted by molar-refractivity contribution is -0.157. The van der Waals surface area contributed by atoms with Crippen molar-refractivity contribution in [1.29, 1.82) is 0 Å². The molecule has 0 radical (unpaired) electrons. The third-order valence-corrected chi connectivity index (χ3v) is 3.83. The van der Waals surface area contributed by atoms with Gasteiger partial charge >= 0.3 is 5.97 Å². The Labute approximate surface area is 124 Å². The Morgan fingerprint density at radius 1 is 1.43 bits per heavy atom. The number of nitrogens with zero attached hydrogens (tertiary/aromatic N) is 2. The van der Waals surface area contributed by atoms with Crippen molar-refractivity contribution in [3.05, 3.63) is 17.5 Å². The number of fused-ring (bicyclic) bond motifs is 1. The second kappa shape index (κ2) is 5.42. The molecular formula is C15H23N3O3. The average molecular weight is 293 g/mol. The molecule has 1 unspecified atom stereocenters. The summed E-state index contributed by atoms with van der Waals surface area (Å²) in [4.78, 5) is 12.3. The molecule has 3 heterocycles. The number of esters is 1. The molecule has 2 aliphatic heterocycles. The number of hydrogen-bond donors (Lipinski definition) is 1. The van der Waals surface area contributed by atoms with Gasteiger partial charge in [0.15, 0.2) is 0 Å². The molecule has 0 bridgehead atoms. The highest BCUT2D eigenvalue weighted by Crippen LogP contribution is 2.29. The third kappa shape index (κ3) is 3.11. The summed E-state index contributed by atoms with van der Waals surface area (Å²) in [6.45, 7) is 7.83. The first-order valence-corrected chi connectivity index (χ1v) is 7.56. The van der Waals surface area contributed by atoms with E-state index >= 15 is 0 Å². The zero-order chi connectivity index (χ0) is 15.0. The van der Waals surface area contributed by atoms with Crippen molar-refractivity contribution in [3.63, 3.8) is 0 Å². The second-order valence-electron chi connectivity index (χ2n) is 6.70. The number of carbonyl (C=O) groups is 1. The molecule has 6 nitrogen and oxygen atoms in total. The van der Waals surface area contributed by atoms with Crippen molar-refractivity contribution in [2.24, 2.45) is 0 Å². The highest BCUT2D eigenvalue weighted by atomic mass is 16.6. The predicted octanol–water partition coefficient (Wildman–Crippen LogP) is 1.72. The van der Waals surface area contributed by atoms with Gasteiger partial charge in [-0.3, -0.25) is 10.00 Å². The molecule has 0 saturated carbocycles. The first-order valence-electron chi connectivity index (χ1n) is 7.56. The van der Waals surface area contributed by atoms with Crippen LogP contribution in [0.5, 0.6) is 0 Å². The number of nitrogens with one attached hydrogen (secondary N) is 1. The van der Waals surface area contributed by atoms with Crippen molar-refractivity contribution in [3.8, 4) is 0 Å². The molecule has 0 amide bonds. The van der Waals surface area contributed by atoms with E-state index in [-0.39, 0.29) is 5.97 Å². The lowest BCUT2D eigenvalue weighted by Gasteiger charge is -2.23. The van der Waals surface area contributed by atoms with Crippen LogP contribution < -0.4 is 5.32 Å². The van der Waals surface area contributed by atoms with Gasteiger partial charge in [-0.2, -0.15) is 5.10 Å². The fourth-order valence-electron chi connectivity index (χ4n) is 2.84. The first-order chi connectivity index (χ1) is 9.94. The van der Waals surface area contributed by atoms with Gasteiger partial charge in [-0.05, 0) is 33.6 Å². The highest BCUT2D eigenvalue weighted by Gasteiger charge is 2.35. The maximum atomic E-state index is 12.3. The van der Waals surface area contributed by atoms with Gasteiger partial charge < -0.3 is 9.47 Å². The van der Waals surface area contributed by atoms with E-state index in [0.29, 0.717) is 12.6 Å². The maximum absolute atomic E-state index is 12.3. The van der Waals surface area contributed by atoms with Crippen LogP contribution in [0.2, 0.25) is 0 Å². The van der Waals surface area contributed by atoms with Crippen molar-refractivity contribution in [2.75, 3.05) is 13.2 Å². The van der Waals surface area contributed by atoms with Gasteiger partial charge in [0.25, 0.3) is 0 Å². The Balaban J connectivity index is 1.75. The molecule has 1 aromatic heterocycles. The lowest BCUT2D eigenvalue weighted by Crippen LogP contribution is -2.32. The third-order valence-electron chi connectivity index (χ3n) is 3.83. The average Bonchev–Trinajstić information content (AvgIpc) is 2.96. The van der Waals surface area contributed by atoms with Gasteiger partial charge in [-0.15, -0.1) is 0 Å². The second-order valence-corrected chi connectivity index (χ2v) is 6.70. The largest absolute Gasteiger partial charge is 0.459 e. The van der Waals surface area contributed by atoms with Crippen LogP contribution >= 0.6 is 0 Å². The molecule has 0 aliphatic carbocycles. The molecule has 1 atom stereocenters. The minimum absolute atomic E-state index is 0.229. The van der Waals surface area contributed by atoms with Gasteiger partial charge in [0, 0.05) is 31.5 Å². The molecule has 1 fully saturated rings. The molecule has 1 N–H and O–H groups in total. The highest BCUT2D eigenvalue weighted by molar-refractivity contribution is 5.79. The van der Waals surface area contributed by atoms with Crippen LogP contribution in [0.4, 0.5) is 0 Å². The number of carbonyl (C=O) groups excluding carboxylic acids is 1. The molecule has 0 spiro atoms. The molecule has 1 aromatic rings. The van der Waals surface area contributed by atoms with Gasteiger partial charge in [0.1, 0.15) is 11.6 Å². The minimum atomic E-state index is -0.474.